The molecule has 2 aromatic rings. The van der Waals surface area contributed by atoms with Gasteiger partial charge in [0.05, 0.1) is 10.0 Å². The molecule has 0 bridgehead atoms. The molecule has 0 aromatic carbocycles. The highest BCUT2D eigenvalue weighted by atomic mass is 79.9. The third-order valence-electron chi connectivity index (χ3n) is 1.68. The van der Waals surface area contributed by atoms with Gasteiger partial charge in [0.25, 0.3) is 0 Å². The fraction of sp³-hybridized carbons (Fsp3) is 0. The van der Waals surface area contributed by atoms with Gasteiger partial charge < -0.3 is 0 Å². The van der Waals surface area contributed by atoms with E-state index >= 15 is 0 Å². The van der Waals surface area contributed by atoms with Gasteiger partial charge in [0.1, 0.15) is 14.9 Å². The van der Waals surface area contributed by atoms with E-state index in [0.29, 0.717) is 30.8 Å². The molecular weight excluding hydrogens is 381 g/mol. The summed E-state index contributed by atoms with van der Waals surface area (Å²) in [4.78, 5) is 12.5. The Morgan fingerprint density at radius 3 is 2.19 bits per heavy atom. The highest BCUT2D eigenvalue weighted by Crippen LogP contribution is 2.27. The molecule has 0 saturated carbocycles. The van der Waals surface area contributed by atoms with Gasteiger partial charge in [-0.15, -0.1) is 0 Å². The number of nitrogens with zero attached hydrogens (tertiary/aromatic N) is 3. The minimum Gasteiger partial charge on any atom is -0.250 e. The lowest BCUT2D eigenvalue weighted by atomic mass is 10.3. The fourth-order valence-electron chi connectivity index (χ4n) is 1.08. The molecule has 0 N–H and O–H groups in total. The molecule has 2 heterocycles. The third kappa shape index (κ3) is 2.71. The molecule has 7 heteroatoms. The maximum Gasteiger partial charge on any atom is 0.181 e. The van der Waals surface area contributed by atoms with Crippen molar-refractivity contribution >= 4 is 55.1 Å². The fourth-order valence-corrected chi connectivity index (χ4v) is 2.62. The molecule has 3 nitrogen and oxygen atoms in total. The minimum absolute atomic E-state index is 0.414. The molecule has 16 heavy (non-hydrogen) atoms. The summed E-state index contributed by atoms with van der Waals surface area (Å²) in [5, 5.41) is 0.889. The molecule has 2 rings (SSSR count). The van der Waals surface area contributed by atoms with Crippen molar-refractivity contribution < 1.29 is 0 Å². The Morgan fingerprint density at radius 2 is 1.62 bits per heavy atom. The van der Waals surface area contributed by atoms with Crippen molar-refractivity contribution in [2.45, 2.75) is 0 Å². The van der Waals surface area contributed by atoms with Gasteiger partial charge in [-0.2, -0.15) is 0 Å². The van der Waals surface area contributed by atoms with Crippen LogP contribution >= 0.6 is 55.1 Å². The van der Waals surface area contributed by atoms with Crippen LogP contribution < -0.4 is 0 Å². The molecule has 0 amide bonds. The number of hydrogen-bond donors (Lipinski definition) is 0. The van der Waals surface area contributed by atoms with Crippen molar-refractivity contribution in [2.24, 2.45) is 0 Å². The van der Waals surface area contributed by atoms with E-state index in [2.05, 4.69) is 46.8 Å². The maximum absolute atomic E-state index is 6.01. The molecular formula is C9H3Br2Cl2N3. The Morgan fingerprint density at radius 1 is 1.00 bits per heavy atom. The van der Waals surface area contributed by atoms with Gasteiger partial charge in [0.2, 0.25) is 0 Å². The van der Waals surface area contributed by atoms with E-state index in [1.165, 1.54) is 6.20 Å². The van der Waals surface area contributed by atoms with Crippen LogP contribution in [0.5, 0.6) is 0 Å². The van der Waals surface area contributed by atoms with Gasteiger partial charge in [-0.3, -0.25) is 0 Å². The van der Waals surface area contributed by atoms with Crippen molar-refractivity contribution in [1.29, 1.82) is 0 Å². The van der Waals surface area contributed by atoms with Gasteiger partial charge in [-0.05, 0) is 37.9 Å². The zero-order valence-corrected chi connectivity index (χ0v) is 12.3. The van der Waals surface area contributed by atoms with Crippen LogP contribution in [0.3, 0.4) is 0 Å². The summed E-state index contributed by atoms with van der Waals surface area (Å²) in [5.41, 5.74) is 0.494. The highest BCUT2D eigenvalue weighted by molar-refractivity contribution is 9.11. The van der Waals surface area contributed by atoms with Crippen LogP contribution in [0.2, 0.25) is 10.0 Å². The summed E-state index contributed by atoms with van der Waals surface area (Å²) in [5.74, 6) is 0.433. The van der Waals surface area contributed by atoms with Crippen molar-refractivity contribution in [3.63, 3.8) is 0 Å². The summed E-state index contributed by atoms with van der Waals surface area (Å²) >= 11 is 18.3. The van der Waals surface area contributed by atoms with Crippen LogP contribution in [0.1, 0.15) is 0 Å². The zero-order chi connectivity index (χ0) is 11.7. The summed E-state index contributed by atoms with van der Waals surface area (Å²) in [6.45, 7) is 0. The first-order valence-electron chi connectivity index (χ1n) is 4.08. The molecule has 0 unspecified atom stereocenters. The predicted octanol–water partition coefficient (Wildman–Crippen LogP) is 4.37. The number of pyridine rings is 1. The predicted molar refractivity (Wildman–Crippen MR) is 70.7 cm³/mol. The van der Waals surface area contributed by atoms with Crippen molar-refractivity contribution in [3.05, 3.63) is 37.6 Å². The van der Waals surface area contributed by atoms with Crippen LogP contribution in [-0.2, 0) is 0 Å². The quantitative estimate of drug-likeness (QED) is 0.686. The van der Waals surface area contributed by atoms with E-state index in [4.69, 9.17) is 23.2 Å². The lowest BCUT2D eigenvalue weighted by Crippen LogP contribution is -1.93. The van der Waals surface area contributed by atoms with Gasteiger partial charge in [-0.1, -0.05) is 23.2 Å². The average Bonchev–Trinajstić information content (AvgIpc) is 2.15. The van der Waals surface area contributed by atoms with Crippen LogP contribution in [0, 0.1) is 0 Å². The Labute approximate surface area is 118 Å². The maximum atomic E-state index is 6.01. The van der Waals surface area contributed by atoms with E-state index in [-0.39, 0.29) is 0 Å². The van der Waals surface area contributed by atoms with Gasteiger partial charge in [0.15, 0.2) is 5.82 Å². The molecule has 0 aliphatic carbocycles. The summed E-state index contributed by atoms with van der Waals surface area (Å²) in [6, 6.07) is 3.33. The standard InChI is InChI=1S/C9H3Br2Cl2N3/c10-6-2-7(11)16-9(15-6)8-5(13)1-4(12)3-14-8/h1-3H. The Kier molecular flexibility index (Phi) is 3.79. The minimum atomic E-state index is 0.414. The van der Waals surface area contributed by atoms with Gasteiger partial charge >= 0.3 is 0 Å². The Hall–Kier alpha value is -0.230. The highest BCUT2D eigenvalue weighted by Gasteiger charge is 2.10. The first kappa shape index (κ1) is 12.2. The molecule has 82 valence electrons. The van der Waals surface area contributed by atoms with E-state index in [9.17, 15) is 0 Å². The van der Waals surface area contributed by atoms with E-state index in [1.807, 2.05) is 0 Å². The lowest BCUT2D eigenvalue weighted by molar-refractivity contribution is 1.10. The van der Waals surface area contributed by atoms with E-state index in [1.54, 1.807) is 12.1 Å². The van der Waals surface area contributed by atoms with Gasteiger partial charge in [-0.25, -0.2) is 15.0 Å². The van der Waals surface area contributed by atoms with Crippen LogP contribution in [0.25, 0.3) is 11.5 Å². The van der Waals surface area contributed by atoms with E-state index in [0.717, 1.165) is 0 Å². The monoisotopic (exact) mass is 381 g/mol. The largest absolute Gasteiger partial charge is 0.250 e. The van der Waals surface area contributed by atoms with Crippen LogP contribution in [-0.4, -0.2) is 15.0 Å². The second-order valence-corrected chi connectivity index (χ2v) is 5.29. The zero-order valence-electron chi connectivity index (χ0n) is 7.59. The van der Waals surface area contributed by atoms with Crippen molar-refractivity contribution in [3.8, 4) is 11.5 Å². The lowest BCUT2D eigenvalue weighted by Gasteiger charge is -2.03. The molecule has 0 radical (unpaired) electrons. The number of rotatable bonds is 1. The second-order valence-electron chi connectivity index (χ2n) is 2.82. The topological polar surface area (TPSA) is 38.7 Å². The Bertz CT molecular complexity index is 528. The molecule has 0 saturated heterocycles. The number of hydrogen-bond acceptors (Lipinski definition) is 3. The van der Waals surface area contributed by atoms with Crippen molar-refractivity contribution in [2.75, 3.05) is 0 Å². The third-order valence-corrected chi connectivity index (χ3v) is 2.99. The molecule has 0 atom stereocenters. The first-order chi connectivity index (χ1) is 7.56. The average molecular weight is 384 g/mol. The molecule has 0 aliphatic heterocycles. The summed E-state index contributed by atoms with van der Waals surface area (Å²) in [7, 11) is 0. The van der Waals surface area contributed by atoms with Crippen LogP contribution in [0.4, 0.5) is 0 Å². The summed E-state index contributed by atoms with van der Waals surface area (Å²) < 4.78 is 1.30. The molecule has 2 aromatic heterocycles. The molecule has 0 fully saturated rings. The molecule has 0 spiro atoms. The van der Waals surface area contributed by atoms with E-state index < -0.39 is 0 Å². The van der Waals surface area contributed by atoms with Crippen LogP contribution in [0.15, 0.2) is 27.5 Å². The number of aromatic nitrogens is 3. The van der Waals surface area contributed by atoms with Gasteiger partial charge in [0, 0.05) is 12.3 Å². The summed E-state index contributed by atoms with van der Waals surface area (Å²) in [6.07, 6.45) is 1.50. The first-order valence-corrected chi connectivity index (χ1v) is 6.42. The van der Waals surface area contributed by atoms with Crippen molar-refractivity contribution in [1.82, 2.24) is 15.0 Å². The smallest absolute Gasteiger partial charge is 0.181 e. The Balaban J connectivity index is 2.58. The second kappa shape index (κ2) is 4.96. The normalized spacial score (nSPS) is 10.5. The SMILES string of the molecule is Clc1cnc(-c2nc(Br)cc(Br)n2)c(Cl)c1. The number of halogens is 4. The molecule has 0 aliphatic rings.